The lowest BCUT2D eigenvalue weighted by molar-refractivity contribution is 0.191. The average molecular weight is 457 g/mol. The zero-order chi connectivity index (χ0) is 21.4. The molecule has 1 aliphatic heterocycles. The van der Waals surface area contributed by atoms with Gasteiger partial charge in [-0.15, -0.1) is 11.3 Å². The van der Waals surface area contributed by atoms with Crippen LogP contribution in [0.25, 0.3) is 15.9 Å². The number of methoxy groups -OCH3 is 1. The van der Waals surface area contributed by atoms with Crippen molar-refractivity contribution >= 4 is 39.1 Å². The minimum absolute atomic E-state index is 0.169. The third-order valence-corrected chi connectivity index (χ3v) is 7.70. The van der Waals surface area contributed by atoms with Crippen LogP contribution in [0.4, 0.5) is 0 Å². The number of hydrogen-bond acceptors (Lipinski definition) is 8. The zero-order valence-electron chi connectivity index (χ0n) is 17.5. The maximum Gasteiger partial charge on any atom is 0.352 e. The number of piperazine rings is 1. The van der Waals surface area contributed by atoms with Gasteiger partial charge in [0.1, 0.15) is 16.9 Å². The Morgan fingerprint density at radius 2 is 1.90 bits per heavy atom. The molecule has 0 bridgehead atoms. The fraction of sp³-hybridized carbons (Fsp3) is 0.381. The van der Waals surface area contributed by atoms with E-state index >= 15 is 0 Å². The van der Waals surface area contributed by atoms with E-state index in [1.807, 2.05) is 36.2 Å². The molecule has 162 valence electrons. The van der Waals surface area contributed by atoms with E-state index < -0.39 is 0 Å². The molecule has 8 nitrogen and oxygen atoms in total. The number of aromatic nitrogens is 4. The Morgan fingerprint density at radius 1 is 1.13 bits per heavy atom. The lowest BCUT2D eigenvalue weighted by atomic mass is 10.2. The summed E-state index contributed by atoms with van der Waals surface area (Å²) in [7, 11) is 1.65. The molecule has 0 amide bonds. The highest BCUT2D eigenvalue weighted by Crippen LogP contribution is 2.29. The van der Waals surface area contributed by atoms with Gasteiger partial charge in [-0.2, -0.15) is 9.61 Å². The average Bonchev–Trinajstić information content (AvgIpc) is 3.45. The van der Waals surface area contributed by atoms with E-state index in [9.17, 15) is 4.79 Å². The van der Waals surface area contributed by atoms with Gasteiger partial charge in [0, 0.05) is 37.6 Å². The van der Waals surface area contributed by atoms with Gasteiger partial charge in [-0.3, -0.25) is 9.47 Å². The molecular formula is C21H24N6O2S2. The molecule has 4 aromatic rings. The first-order chi connectivity index (χ1) is 15.2. The molecule has 3 aromatic heterocycles. The fourth-order valence-corrected chi connectivity index (χ4v) is 5.69. The van der Waals surface area contributed by atoms with Gasteiger partial charge in [-0.05, 0) is 30.0 Å². The summed E-state index contributed by atoms with van der Waals surface area (Å²) in [6, 6.07) is 9.99. The monoisotopic (exact) mass is 456 g/mol. The van der Waals surface area contributed by atoms with Crippen molar-refractivity contribution in [2.24, 2.45) is 0 Å². The summed E-state index contributed by atoms with van der Waals surface area (Å²) >= 11 is 3.49. The Balaban J connectivity index is 1.51. The molecule has 0 atom stereocenters. The second-order valence-corrected chi connectivity index (χ2v) is 9.53. The van der Waals surface area contributed by atoms with Crippen LogP contribution in [0.15, 0.2) is 41.5 Å². The van der Waals surface area contributed by atoms with Crippen molar-refractivity contribution in [2.75, 3.05) is 39.5 Å². The van der Waals surface area contributed by atoms with E-state index in [2.05, 4.69) is 31.6 Å². The van der Waals surface area contributed by atoms with Crippen molar-refractivity contribution in [3.63, 3.8) is 0 Å². The van der Waals surface area contributed by atoms with E-state index in [1.54, 1.807) is 23.0 Å². The minimum Gasteiger partial charge on any atom is -0.497 e. The first kappa shape index (κ1) is 20.5. The van der Waals surface area contributed by atoms with Gasteiger partial charge in [-0.25, -0.2) is 14.1 Å². The Hall–Kier alpha value is -2.40. The summed E-state index contributed by atoms with van der Waals surface area (Å²) in [6.45, 7) is 5.60. The number of hydrogen-bond donors (Lipinski definition) is 0. The molecule has 31 heavy (non-hydrogen) atoms. The number of ether oxygens (including phenoxy) is 1. The van der Waals surface area contributed by atoms with Crippen LogP contribution in [0.2, 0.25) is 0 Å². The minimum atomic E-state index is -0.169. The van der Waals surface area contributed by atoms with Crippen LogP contribution < -0.4 is 10.4 Å². The number of fused-ring (bicyclic) bond motifs is 3. The Kier molecular flexibility index (Phi) is 5.70. The predicted molar refractivity (Wildman–Crippen MR) is 125 cm³/mol. The highest BCUT2D eigenvalue weighted by atomic mass is 32.2. The summed E-state index contributed by atoms with van der Waals surface area (Å²) in [5.41, 5.74) is 1.49. The van der Waals surface area contributed by atoms with Gasteiger partial charge in [0.25, 0.3) is 0 Å². The molecular weight excluding hydrogens is 432 g/mol. The molecule has 4 heterocycles. The summed E-state index contributed by atoms with van der Waals surface area (Å²) in [5, 5.41) is 5.16. The second-order valence-electron chi connectivity index (χ2n) is 7.53. The topological polar surface area (TPSA) is 67.9 Å². The molecule has 0 spiro atoms. The van der Waals surface area contributed by atoms with E-state index in [1.165, 1.54) is 15.7 Å². The van der Waals surface area contributed by atoms with E-state index in [-0.39, 0.29) is 5.69 Å². The van der Waals surface area contributed by atoms with Crippen molar-refractivity contribution in [1.82, 2.24) is 28.4 Å². The molecule has 0 saturated carbocycles. The third-order valence-electron chi connectivity index (χ3n) is 5.68. The van der Waals surface area contributed by atoms with Crippen molar-refractivity contribution in [1.29, 1.82) is 0 Å². The van der Waals surface area contributed by atoms with Crippen molar-refractivity contribution in [2.45, 2.75) is 13.1 Å². The van der Waals surface area contributed by atoms with Crippen LogP contribution in [0, 0.1) is 0 Å². The predicted octanol–water partition coefficient (Wildman–Crippen LogP) is 2.56. The lowest BCUT2D eigenvalue weighted by Crippen LogP contribution is -2.42. The maximum atomic E-state index is 13.2. The third kappa shape index (κ3) is 3.96. The van der Waals surface area contributed by atoms with Crippen LogP contribution in [0.1, 0.15) is 10.4 Å². The quantitative estimate of drug-likeness (QED) is 0.413. The van der Waals surface area contributed by atoms with Gasteiger partial charge >= 0.3 is 5.69 Å². The molecule has 0 unspecified atom stereocenters. The van der Waals surface area contributed by atoms with Gasteiger partial charge in [0.2, 0.25) is 0 Å². The number of nitrogens with zero attached hydrogens (tertiary/aromatic N) is 6. The van der Waals surface area contributed by atoms with Gasteiger partial charge < -0.3 is 4.74 Å². The first-order valence-corrected chi connectivity index (χ1v) is 12.2. The molecule has 1 aliphatic rings. The van der Waals surface area contributed by atoms with Crippen LogP contribution >= 0.6 is 23.3 Å². The standard InChI is InChI=1S/C21H24N6O2S2/c1-29-16-5-3-15(4-6-16)12-26-20-18(19-22-14-23-27(19)21(26)28)11-17(31-20)13-24-7-9-25(30-2)10-8-24/h3-6,11,14H,7-10,12-13H2,1-2H3. The van der Waals surface area contributed by atoms with E-state index in [4.69, 9.17) is 4.74 Å². The molecule has 0 aliphatic carbocycles. The molecule has 10 heteroatoms. The van der Waals surface area contributed by atoms with E-state index in [0.29, 0.717) is 12.2 Å². The van der Waals surface area contributed by atoms with Crippen molar-refractivity contribution in [3.8, 4) is 5.75 Å². The highest BCUT2D eigenvalue weighted by molar-refractivity contribution is 7.96. The van der Waals surface area contributed by atoms with Crippen LogP contribution in [0.3, 0.4) is 0 Å². The largest absolute Gasteiger partial charge is 0.497 e. The second kappa shape index (κ2) is 8.62. The summed E-state index contributed by atoms with van der Waals surface area (Å²) in [4.78, 5) is 22.2. The van der Waals surface area contributed by atoms with Crippen LogP contribution in [-0.4, -0.2) is 67.9 Å². The summed E-state index contributed by atoms with van der Waals surface area (Å²) in [5.74, 6) is 0.799. The van der Waals surface area contributed by atoms with Gasteiger partial charge in [-0.1, -0.05) is 24.1 Å². The molecule has 0 N–H and O–H groups in total. The smallest absolute Gasteiger partial charge is 0.352 e. The van der Waals surface area contributed by atoms with Gasteiger partial charge in [0.15, 0.2) is 5.65 Å². The molecule has 5 rings (SSSR count). The number of benzene rings is 1. The molecule has 1 aromatic carbocycles. The normalized spacial score (nSPS) is 15.8. The first-order valence-electron chi connectivity index (χ1n) is 10.2. The summed E-state index contributed by atoms with van der Waals surface area (Å²) < 4.78 is 10.9. The van der Waals surface area contributed by atoms with Crippen LogP contribution in [0.5, 0.6) is 5.75 Å². The highest BCUT2D eigenvalue weighted by Gasteiger charge is 2.20. The van der Waals surface area contributed by atoms with E-state index in [0.717, 1.165) is 54.3 Å². The van der Waals surface area contributed by atoms with Crippen molar-refractivity contribution < 1.29 is 4.74 Å². The number of rotatable bonds is 6. The maximum absolute atomic E-state index is 13.2. The molecule has 0 radical (unpaired) electrons. The fourth-order valence-electron chi connectivity index (χ4n) is 3.98. The Bertz CT molecular complexity index is 1250. The number of thiophene rings is 1. The lowest BCUT2D eigenvalue weighted by Gasteiger charge is -2.32. The Morgan fingerprint density at radius 3 is 2.61 bits per heavy atom. The van der Waals surface area contributed by atoms with Gasteiger partial charge in [0.05, 0.1) is 19.0 Å². The zero-order valence-corrected chi connectivity index (χ0v) is 19.2. The molecule has 1 saturated heterocycles. The van der Waals surface area contributed by atoms with Crippen molar-refractivity contribution in [3.05, 3.63) is 57.6 Å². The Labute approximate surface area is 188 Å². The van der Waals surface area contributed by atoms with Crippen LogP contribution in [-0.2, 0) is 13.1 Å². The SMILES string of the molecule is COc1ccc(Cn2c(=O)n3ncnc3c3cc(CN4CCN(SC)CC4)sc32)cc1. The summed E-state index contributed by atoms with van der Waals surface area (Å²) in [6.07, 6.45) is 3.58. The molecule has 1 fully saturated rings.